The van der Waals surface area contributed by atoms with E-state index in [1.807, 2.05) is 10.3 Å². The van der Waals surface area contributed by atoms with Gasteiger partial charge in [0.1, 0.15) is 17.0 Å². The van der Waals surface area contributed by atoms with Crippen molar-refractivity contribution in [3.05, 3.63) is 57.3 Å². The highest BCUT2D eigenvalue weighted by atomic mass is 32.1. The van der Waals surface area contributed by atoms with Gasteiger partial charge in [-0.1, -0.05) is 20.8 Å². The van der Waals surface area contributed by atoms with Crippen LogP contribution in [0.5, 0.6) is 0 Å². The number of pyridine rings is 1. The molecule has 0 unspecified atom stereocenters. The van der Waals surface area contributed by atoms with Crippen LogP contribution in [0.3, 0.4) is 0 Å². The first-order valence-electron chi connectivity index (χ1n) is 10.1. The molecule has 161 valence electrons. The van der Waals surface area contributed by atoms with Crippen molar-refractivity contribution >= 4 is 40.1 Å². The van der Waals surface area contributed by atoms with Crippen LogP contribution in [-0.4, -0.2) is 39.7 Å². The van der Waals surface area contributed by atoms with Gasteiger partial charge in [0.2, 0.25) is 0 Å². The topological polar surface area (TPSA) is 96.7 Å². The number of thiazole rings is 1. The maximum absolute atomic E-state index is 12.8. The van der Waals surface area contributed by atoms with E-state index in [4.69, 9.17) is 0 Å². The van der Waals surface area contributed by atoms with E-state index in [1.54, 1.807) is 6.07 Å². The van der Waals surface area contributed by atoms with Crippen LogP contribution < -0.4 is 15.8 Å². The Hall–Kier alpha value is -3.07. The second-order valence-electron chi connectivity index (χ2n) is 8.53. The van der Waals surface area contributed by atoms with Crippen LogP contribution in [0.25, 0.3) is 5.65 Å². The zero-order valence-electron chi connectivity index (χ0n) is 17.7. The second-order valence-corrected chi connectivity index (χ2v) is 9.39. The average Bonchev–Trinajstić information content (AvgIpc) is 3.23. The zero-order valence-corrected chi connectivity index (χ0v) is 18.5. The fraction of sp³-hybridized carbons (Fsp3) is 0.364. The van der Waals surface area contributed by atoms with Crippen molar-refractivity contribution in [2.45, 2.75) is 39.0 Å². The van der Waals surface area contributed by atoms with Crippen LogP contribution in [0.15, 0.2) is 28.5 Å². The van der Waals surface area contributed by atoms with Gasteiger partial charge in [-0.05, 0) is 31.4 Å². The van der Waals surface area contributed by atoms with Crippen LogP contribution in [0.2, 0.25) is 0 Å². The number of hydrogen-bond donors (Lipinski definition) is 1. The molecule has 0 saturated carbocycles. The minimum atomic E-state index is -0.442. The Labute approximate surface area is 183 Å². The molecule has 0 bridgehead atoms. The van der Waals surface area contributed by atoms with E-state index in [9.17, 15) is 14.4 Å². The molecule has 9 heteroatoms. The molecule has 0 spiro atoms. The highest BCUT2D eigenvalue weighted by Crippen LogP contribution is 2.27. The molecule has 31 heavy (non-hydrogen) atoms. The second kappa shape index (κ2) is 8.22. The van der Waals surface area contributed by atoms with Crippen molar-refractivity contribution in [2.75, 3.05) is 23.3 Å². The van der Waals surface area contributed by atoms with Gasteiger partial charge in [-0.15, -0.1) is 11.3 Å². The Morgan fingerprint density at radius 3 is 2.74 bits per heavy atom. The lowest BCUT2D eigenvalue weighted by Crippen LogP contribution is -2.34. The first-order valence-corrected chi connectivity index (χ1v) is 11.0. The first kappa shape index (κ1) is 21.2. The predicted molar refractivity (Wildman–Crippen MR) is 121 cm³/mol. The van der Waals surface area contributed by atoms with Crippen LogP contribution in [-0.2, 0) is 5.41 Å². The number of nitrogens with zero attached hydrogens (tertiary/aromatic N) is 4. The minimum absolute atomic E-state index is 0.0301. The fourth-order valence-electron chi connectivity index (χ4n) is 3.43. The van der Waals surface area contributed by atoms with Crippen molar-refractivity contribution in [3.63, 3.8) is 0 Å². The number of rotatable bonds is 4. The van der Waals surface area contributed by atoms with E-state index < -0.39 is 5.56 Å². The number of carbonyl (C=O) groups excluding carboxylic acids is 2. The van der Waals surface area contributed by atoms with Crippen molar-refractivity contribution in [1.82, 2.24) is 14.4 Å². The van der Waals surface area contributed by atoms with E-state index >= 15 is 0 Å². The summed E-state index contributed by atoms with van der Waals surface area (Å²) < 4.78 is 1.29. The third-order valence-electron chi connectivity index (χ3n) is 5.20. The number of aromatic nitrogens is 3. The lowest BCUT2D eigenvalue weighted by atomic mass is 9.93. The van der Waals surface area contributed by atoms with Crippen molar-refractivity contribution in [3.8, 4) is 0 Å². The Morgan fingerprint density at radius 2 is 2.10 bits per heavy atom. The molecule has 1 aliphatic rings. The Balaban J connectivity index is 1.68. The molecule has 3 aromatic rings. The molecule has 1 fully saturated rings. The summed E-state index contributed by atoms with van der Waals surface area (Å²) in [6, 6.07) is 3.09. The summed E-state index contributed by atoms with van der Waals surface area (Å²) in [5.74, 6) is 0.0297. The normalized spacial score (nSPS) is 14.6. The van der Waals surface area contributed by atoms with Gasteiger partial charge in [-0.2, -0.15) is 0 Å². The summed E-state index contributed by atoms with van der Waals surface area (Å²) in [5, 5.41) is 5.26. The molecule has 1 N–H and O–H groups in total. The zero-order chi connectivity index (χ0) is 22.2. The van der Waals surface area contributed by atoms with Crippen molar-refractivity contribution < 1.29 is 9.59 Å². The molecule has 1 amide bonds. The molecule has 0 aromatic carbocycles. The highest BCUT2D eigenvalue weighted by molar-refractivity contribution is 7.14. The molecule has 1 radical (unpaired) electrons. The Bertz CT molecular complexity index is 1200. The average molecular weight is 439 g/mol. The van der Waals surface area contributed by atoms with Gasteiger partial charge in [0.15, 0.2) is 11.4 Å². The number of carbonyl (C=O) groups is 2. The summed E-state index contributed by atoms with van der Waals surface area (Å²) in [5.41, 5.74) is 1.06. The molecule has 8 nitrogen and oxygen atoms in total. The number of amides is 1. The lowest BCUT2D eigenvalue weighted by Gasteiger charge is -2.28. The van der Waals surface area contributed by atoms with Gasteiger partial charge in [0.25, 0.3) is 11.5 Å². The molecule has 1 aliphatic heterocycles. The number of piperidine rings is 1. The van der Waals surface area contributed by atoms with Crippen molar-refractivity contribution in [1.29, 1.82) is 0 Å². The summed E-state index contributed by atoms with van der Waals surface area (Å²) in [7, 11) is 0. The molecule has 4 rings (SSSR count). The fourth-order valence-corrected chi connectivity index (χ4v) is 4.36. The van der Waals surface area contributed by atoms with E-state index in [1.165, 1.54) is 28.0 Å². The van der Waals surface area contributed by atoms with E-state index in [-0.39, 0.29) is 16.9 Å². The van der Waals surface area contributed by atoms with Gasteiger partial charge >= 0.3 is 0 Å². The lowest BCUT2D eigenvalue weighted by molar-refractivity contribution is 0.102. The molecule has 3 aromatic heterocycles. The molecular weight excluding hydrogens is 414 g/mol. The van der Waals surface area contributed by atoms with Crippen LogP contribution in [0, 0.1) is 6.42 Å². The third kappa shape index (κ3) is 4.23. The number of aldehydes is 1. The van der Waals surface area contributed by atoms with Gasteiger partial charge in [0.05, 0.1) is 5.69 Å². The smallest absolute Gasteiger partial charge is 0.270 e. The molecule has 1 saturated heterocycles. The monoisotopic (exact) mass is 438 g/mol. The van der Waals surface area contributed by atoms with Gasteiger partial charge in [-0.3, -0.25) is 24.1 Å². The van der Waals surface area contributed by atoms with Crippen LogP contribution in [0.1, 0.15) is 60.0 Å². The summed E-state index contributed by atoms with van der Waals surface area (Å²) in [6.07, 6.45) is 6.07. The highest BCUT2D eigenvalue weighted by Gasteiger charge is 2.21. The van der Waals surface area contributed by atoms with E-state index in [0.717, 1.165) is 25.1 Å². The summed E-state index contributed by atoms with van der Waals surface area (Å²) in [4.78, 5) is 48.2. The van der Waals surface area contributed by atoms with Crippen LogP contribution in [0.4, 0.5) is 10.9 Å². The van der Waals surface area contributed by atoms with E-state index in [2.05, 4.69) is 42.5 Å². The maximum atomic E-state index is 12.8. The summed E-state index contributed by atoms with van der Waals surface area (Å²) >= 11 is 1.37. The minimum Gasteiger partial charge on any atom is -0.355 e. The van der Waals surface area contributed by atoms with Crippen LogP contribution >= 0.6 is 11.3 Å². The number of anilines is 2. The molecular formula is C22H24N5O3S. The SMILES string of the molecule is CC(C)(C)c1csc(NC(=O)c2ccn3c(=O)c(C=O)c(N4C[CH]CCC4)nc3c2)n1. The largest absolute Gasteiger partial charge is 0.355 e. The van der Waals surface area contributed by atoms with E-state index in [0.29, 0.717) is 35.0 Å². The third-order valence-corrected chi connectivity index (χ3v) is 5.96. The Morgan fingerprint density at radius 1 is 1.29 bits per heavy atom. The van der Waals surface area contributed by atoms with Gasteiger partial charge < -0.3 is 4.90 Å². The number of fused-ring (bicyclic) bond motifs is 1. The quantitative estimate of drug-likeness (QED) is 0.628. The number of hydrogen-bond acceptors (Lipinski definition) is 7. The standard InChI is InChI=1S/C22H24N5O3S/c1-22(2,3)16-13-31-21(23-16)25-19(29)14-7-10-27-17(11-14)24-18(15(12-28)20(27)30)26-8-5-4-6-9-26/h5,7,10-13H,4,6,8-9H2,1-3H3,(H,23,25,29). The molecule has 4 heterocycles. The number of nitrogens with one attached hydrogen (secondary N) is 1. The first-order chi connectivity index (χ1) is 14.8. The van der Waals surface area contributed by atoms with Gasteiger partial charge in [-0.25, -0.2) is 9.97 Å². The van der Waals surface area contributed by atoms with Gasteiger partial charge in [0, 0.05) is 35.6 Å². The molecule has 0 aliphatic carbocycles. The maximum Gasteiger partial charge on any atom is 0.270 e. The Kier molecular flexibility index (Phi) is 5.62. The molecule has 0 atom stereocenters. The predicted octanol–water partition coefficient (Wildman–Crippen LogP) is 3.32. The summed E-state index contributed by atoms with van der Waals surface area (Å²) in [6.45, 7) is 7.53. The van der Waals surface area contributed by atoms with Crippen molar-refractivity contribution in [2.24, 2.45) is 0 Å².